The summed E-state index contributed by atoms with van der Waals surface area (Å²) in [6, 6.07) is 9.68. The molecular weight excluding hydrogens is 326 g/mol. The highest BCUT2D eigenvalue weighted by Crippen LogP contribution is 2.25. The maximum atomic E-state index is 12.0. The third-order valence-corrected chi connectivity index (χ3v) is 3.81. The predicted molar refractivity (Wildman–Crippen MR) is 84.6 cm³/mol. The zero-order chi connectivity index (χ0) is 16.1. The summed E-state index contributed by atoms with van der Waals surface area (Å²) in [5.74, 6) is -0.635. The van der Waals surface area contributed by atoms with E-state index in [9.17, 15) is 14.9 Å². The van der Waals surface area contributed by atoms with E-state index in [0.717, 1.165) is 11.3 Å². The van der Waals surface area contributed by atoms with Crippen LogP contribution in [0.2, 0.25) is 5.02 Å². The molecule has 0 aliphatic heterocycles. The third kappa shape index (κ3) is 3.69. The second-order valence-corrected chi connectivity index (χ2v) is 5.38. The van der Waals surface area contributed by atoms with Crippen LogP contribution in [0.25, 0.3) is 6.08 Å². The van der Waals surface area contributed by atoms with E-state index < -0.39 is 10.8 Å². The molecule has 0 aliphatic carbocycles. The fourth-order valence-electron chi connectivity index (χ4n) is 1.58. The maximum absolute atomic E-state index is 12.0. The van der Waals surface area contributed by atoms with Gasteiger partial charge in [0.15, 0.2) is 0 Å². The second kappa shape index (κ2) is 6.85. The van der Waals surface area contributed by atoms with Gasteiger partial charge in [0.2, 0.25) is 0 Å². The summed E-state index contributed by atoms with van der Waals surface area (Å²) < 4.78 is 0. The van der Waals surface area contributed by atoms with Gasteiger partial charge in [-0.15, -0.1) is 0 Å². The van der Waals surface area contributed by atoms with E-state index in [2.05, 4.69) is 5.32 Å². The van der Waals surface area contributed by atoms with Gasteiger partial charge in [0.1, 0.15) is 11.6 Å². The molecule has 110 valence electrons. The number of hydrogen-bond donors (Lipinski definition) is 1. The van der Waals surface area contributed by atoms with Crippen molar-refractivity contribution in [3.63, 3.8) is 0 Å². The highest BCUT2D eigenvalue weighted by atomic mass is 35.5. The quantitative estimate of drug-likeness (QED) is 0.397. The van der Waals surface area contributed by atoms with Gasteiger partial charge in [-0.25, -0.2) is 0 Å². The molecule has 1 N–H and O–H groups in total. The Morgan fingerprint density at radius 2 is 2.18 bits per heavy atom. The topological polar surface area (TPSA) is 96.0 Å². The molecule has 1 heterocycles. The molecule has 8 heteroatoms. The molecule has 0 saturated heterocycles. The summed E-state index contributed by atoms with van der Waals surface area (Å²) in [6.07, 6.45) is 1.29. The molecule has 1 aromatic heterocycles. The number of nitrogens with one attached hydrogen (secondary N) is 1. The Labute approximate surface area is 134 Å². The van der Waals surface area contributed by atoms with E-state index >= 15 is 0 Å². The van der Waals surface area contributed by atoms with Crippen LogP contribution in [0, 0.1) is 21.4 Å². The van der Waals surface area contributed by atoms with Gasteiger partial charge in [0, 0.05) is 11.4 Å². The van der Waals surface area contributed by atoms with Crippen molar-refractivity contribution >= 4 is 45.6 Å². The number of anilines is 1. The number of amides is 1. The number of nitriles is 1. The van der Waals surface area contributed by atoms with E-state index in [4.69, 9.17) is 16.9 Å². The molecule has 1 amide bonds. The van der Waals surface area contributed by atoms with Gasteiger partial charge < -0.3 is 5.32 Å². The van der Waals surface area contributed by atoms with Crippen LogP contribution in [0.15, 0.2) is 41.3 Å². The lowest BCUT2D eigenvalue weighted by molar-refractivity contribution is -0.380. The largest absolute Gasteiger partial charge is 0.324 e. The normalized spacial score (nSPS) is 10.8. The van der Waals surface area contributed by atoms with Crippen molar-refractivity contribution in [2.75, 3.05) is 5.32 Å². The predicted octanol–water partition coefficient (Wildman–Crippen LogP) is 3.86. The number of halogens is 1. The Kier molecular flexibility index (Phi) is 4.88. The second-order valence-electron chi connectivity index (χ2n) is 4.08. The van der Waals surface area contributed by atoms with E-state index in [1.165, 1.54) is 17.5 Å². The Balaban J connectivity index is 2.22. The minimum Gasteiger partial charge on any atom is -0.320 e. The molecule has 22 heavy (non-hydrogen) atoms. The maximum Gasteiger partial charge on any atom is 0.324 e. The molecule has 0 bridgehead atoms. The van der Waals surface area contributed by atoms with Crippen LogP contribution < -0.4 is 5.32 Å². The number of thiophene rings is 1. The van der Waals surface area contributed by atoms with Gasteiger partial charge in [0.05, 0.1) is 15.6 Å². The van der Waals surface area contributed by atoms with Crippen LogP contribution in [0.1, 0.15) is 5.56 Å². The molecular formula is C14H8ClN3O3S. The third-order valence-electron chi connectivity index (χ3n) is 2.58. The fraction of sp³-hybridized carbons (Fsp3) is 0. The SMILES string of the molecule is N#C/C(=C\c1csc([N+](=O)[O-])c1)C(=O)Nc1ccccc1Cl. The Morgan fingerprint density at radius 3 is 2.77 bits per heavy atom. The number of carbonyl (C=O) groups is 1. The number of rotatable bonds is 4. The van der Waals surface area contributed by atoms with Crippen molar-refractivity contribution in [1.82, 2.24) is 0 Å². The zero-order valence-corrected chi connectivity index (χ0v) is 12.5. The van der Waals surface area contributed by atoms with Crippen LogP contribution in [0.4, 0.5) is 10.7 Å². The molecule has 0 fully saturated rings. The van der Waals surface area contributed by atoms with Gasteiger partial charge in [-0.3, -0.25) is 14.9 Å². The van der Waals surface area contributed by atoms with Crippen LogP contribution in [0.5, 0.6) is 0 Å². The average molecular weight is 334 g/mol. The summed E-state index contributed by atoms with van der Waals surface area (Å²) in [5, 5.41) is 24.0. The number of nitrogens with zero attached hydrogens (tertiary/aromatic N) is 2. The first kappa shape index (κ1) is 15.7. The van der Waals surface area contributed by atoms with E-state index in [-0.39, 0.29) is 10.6 Å². The smallest absolute Gasteiger partial charge is 0.320 e. The molecule has 0 unspecified atom stereocenters. The zero-order valence-electron chi connectivity index (χ0n) is 10.9. The molecule has 2 rings (SSSR count). The number of nitro groups is 1. The van der Waals surface area contributed by atoms with Crippen molar-refractivity contribution in [3.8, 4) is 6.07 Å². The number of hydrogen-bond acceptors (Lipinski definition) is 5. The number of benzene rings is 1. The van der Waals surface area contributed by atoms with Crippen LogP contribution >= 0.6 is 22.9 Å². The molecule has 1 aromatic carbocycles. The summed E-state index contributed by atoms with van der Waals surface area (Å²) in [5.41, 5.74) is 0.627. The fourth-order valence-corrected chi connectivity index (χ4v) is 2.44. The highest BCUT2D eigenvalue weighted by molar-refractivity contribution is 7.13. The summed E-state index contributed by atoms with van der Waals surface area (Å²) >= 11 is 6.85. The van der Waals surface area contributed by atoms with E-state index in [1.54, 1.807) is 30.3 Å². The van der Waals surface area contributed by atoms with Crippen molar-refractivity contribution in [2.24, 2.45) is 0 Å². The van der Waals surface area contributed by atoms with Crippen LogP contribution in [0.3, 0.4) is 0 Å². The first-order valence-electron chi connectivity index (χ1n) is 5.92. The first-order chi connectivity index (χ1) is 10.5. The van der Waals surface area contributed by atoms with Gasteiger partial charge >= 0.3 is 5.00 Å². The number of carbonyl (C=O) groups excluding carboxylic acids is 1. The van der Waals surface area contributed by atoms with Crippen molar-refractivity contribution in [2.45, 2.75) is 0 Å². The monoisotopic (exact) mass is 333 g/mol. The first-order valence-corrected chi connectivity index (χ1v) is 7.17. The average Bonchev–Trinajstić information content (AvgIpc) is 2.96. The molecule has 0 radical (unpaired) electrons. The van der Waals surface area contributed by atoms with Gasteiger partial charge in [-0.1, -0.05) is 35.1 Å². The van der Waals surface area contributed by atoms with Crippen LogP contribution in [-0.4, -0.2) is 10.8 Å². The van der Waals surface area contributed by atoms with Crippen molar-refractivity contribution in [3.05, 3.63) is 62.0 Å². The van der Waals surface area contributed by atoms with Gasteiger partial charge in [-0.05, 0) is 23.8 Å². The molecule has 0 spiro atoms. The Bertz CT molecular complexity index is 808. The molecule has 0 saturated carbocycles. The van der Waals surface area contributed by atoms with Crippen LogP contribution in [-0.2, 0) is 4.79 Å². The minimum atomic E-state index is -0.635. The van der Waals surface area contributed by atoms with Gasteiger partial charge in [0.25, 0.3) is 5.91 Å². The standard InChI is InChI=1S/C14H8ClN3O3S/c15-11-3-1-2-4-12(11)17-14(19)10(7-16)5-9-6-13(18(20)21)22-8-9/h1-6,8H,(H,17,19)/b10-5+. The molecule has 0 atom stereocenters. The van der Waals surface area contributed by atoms with E-state index in [0.29, 0.717) is 16.3 Å². The summed E-state index contributed by atoms with van der Waals surface area (Å²) in [7, 11) is 0. The number of para-hydroxylation sites is 1. The molecule has 2 aromatic rings. The highest BCUT2D eigenvalue weighted by Gasteiger charge is 2.13. The lowest BCUT2D eigenvalue weighted by Gasteiger charge is -2.05. The molecule has 6 nitrogen and oxygen atoms in total. The lowest BCUT2D eigenvalue weighted by atomic mass is 10.2. The lowest BCUT2D eigenvalue weighted by Crippen LogP contribution is -2.13. The van der Waals surface area contributed by atoms with E-state index in [1.807, 2.05) is 0 Å². The van der Waals surface area contributed by atoms with Gasteiger partial charge in [-0.2, -0.15) is 5.26 Å². The Morgan fingerprint density at radius 1 is 1.45 bits per heavy atom. The molecule has 0 aliphatic rings. The minimum absolute atomic E-state index is 0.0601. The Hall–Kier alpha value is -2.69. The summed E-state index contributed by atoms with van der Waals surface area (Å²) in [6.45, 7) is 0. The van der Waals surface area contributed by atoms with Crippen molar-refractivity contribution in [1.29, 1.82) is 5.26 Å². The summed E-state index contributed by atoms with van der Waals surface area (Å²) in [4.78, 5) is 22.1. The van der Waals surface area contributed by atoms with Crippen molar-refractivity contribution < 1.29 is 9.72 Å².